The van der Waals surface area contributed by atoms with E-state index in [2.05, 4.69) is 102 Å². The maximum atomic E-state index is 12.5. The topological polar surface area (TPSA) is 83.9 Å². The Kier molecular flexibility index (Phi) is 10.5. The molecule has 0 spiro atoms. The average Bonchev–Trinajstić information content (AvgIpc) is 3.12. The van der Waals surface area contributed by atoms with Crippen molar-refractivity contribution >= 4 is 5.91 Å². The molecule has 7 heteroatoms. The highest BCUT2D eigenvalue weighted by Crippen LogP contribution is 2.42. The van der Waals surface area contributed by atoms with Crippen LogP contribution in [0.1, 0.15) is 57.5 Å². The van der Waals surface area contributed by atoms with Crippen molar-refractivity contribution in [1.29, 1.82) is 0 Å². The number of pyridine rings is 1. The summed E-state index contributed by atoms with van der Waals surface area (Å²) in [4.78, 5) is 18.8. The first-order chi connectivity index (χ1) is 23.0. The molecular weight excluding hydrogens is 586 g/mol. The van der Waals surface area contributed by atoms with Crippen LogP contribution >= 0.6 is 0 Å². The Balaban J connectivity index is 1.18. The van der Waals surface area contributed by atoms with Gasteiger partial charge in [-0.25, -0.2) is 0 Å². The minimum atomic E-state index is -0.535. The average molecular weight is 628 g/mol. The van der Waals surface area contributed by atoms with Crippen molar-refractivity contribution in [1.82, 2.24) is 15.2 Å². The summed E-state index contributed by atoms with van der Waals surface area (Å²) in [5.41, 5.74) is 7.83. The molecule has 0 radical (unpaired) electrons. The van der Waals surface area contributed by atoms with Crippen LogP contribution in [0.15, 0.2) is 128 Å². The van der Waals surface area contributed by atoms with Crippen LogP contribution < -0.4 is 5.32 Å². The van der Waals surface area contributed by atoms with E-state index in [0.29, 0.717) is 12.1 Å². The van der Waals surface area contributed by atoms with E-state index in [1.54, 1.807) is 24.5 Å². The molecule has 0 bridgehead atoms. The maximum absolute atomic E-state index is 12.5. The quantitative estimate of drug-likeness (QED) is 0.163. The molecule has 4 unspecified atom stereocenters. The third-order valence-corrected chi connectivity index (χ3v) is 8.73. The number of aromatic nitrogens is 1. The molecule has 1 aromatic heterocycles. The van der Waals surface area contributed by atoms with E-state index in [0.717, 1.165) is 46.5 Å². The van der Waals surface area contributed by atoms with Gasteiger partial charge in [0.2, 0.25) is 0 Å². The molecule has 1 aliphatic rings. The molecule has 1 aliphatic heterocycles. The fraction of sp³-hybridized carbons (Fsp3) is 0.250. The zero-order valence-corrected chi connectivity index (χ0v) is 26.8. The standard InChI is InChI=1S/C40H41N3O4/c1-28-37(26-43(2)25-29-8-4-3-5-9-29)46-40(47-38(28)33-15-13-30(27-44)14-16-33)34-19-17-32(18-20-34)35-11-6-10-31(22-35)23-42-39(45)36-12-7-21-41-24-36/h3-22,24,28,37-38,40,44H,23,25-27H2,1-2H3,(H,42,45). The number of rotatable bonds is 11. The lowest BCUT2D eigenvalue weighted by Crippen LogP contribution is -2.43. The molecule has 7 nitrogen and oxygen atoms in total. The zero-order valence-electron chi connectivity index (χ0n) is 26.8. The smallest absolute Gasteiger partial charge is 0.253 e. The Morgan fingerprint density at radius 2 is 1.55 bits per heavy atom. The van der Waals surface area contributed by atoms with Crippen LogP contribution in [0.2, 0.25) is 0 Å². The Morgan fingerprint density at radius 1 is 0.809 bits per heavy atom. The first-order valence-electron chi connectivity index (χ1n) is 16.1. The van der Waals surface area contributed by atoms with Crippen LogP contribution in [0.3, 0.4) is 0 Å². The van der Waals surface area contributed by atoms with Gasteiger partial charge in [-0.2, -0.15) is 0 Å². The van der Waals surface area contributed by atoms with Gasteiger partial charge >= 0.3 is 0 Å². The number of carbonyl (C=O) groups is 1. The first kappa shape index (κ1) is 32.3. The molecule has 5 aromatic rings. The van der Waals surface area contributed by atoms with E-state index in [1.807, 2.05) is 30.3 Å². The van der Waals surface area contributed by atoms with Crippen LogP contribution in [-0.2, 0) is 29.2 Å². The van der Waals surface area contributed by atoms with Crippen molar-refractivity contribution in [3.63, 3.8) is 0 Å². The number of amides is 1. The molecular formula is C40H41N3O4. The summed E-state index contributed by atoms with van der Waals surface area (Å²) in [6, 6.07) is 38.5. The molecule has 1 amide bonds. The number of aliphatic hydroxyl groups excluding tert-OH is 1. The second-order valence-electron chi connectivity index (χ2n) is 12.3. The number of aliphatic hydroxyl groups is 1. The lowest BCUT2D eigenvalue weighted by molar-refractivity contribution is -0.276. The van der Waals surface area contributed by atoms with Gasteiger partial charge in [0.05, 0.1) is 24.4 Å². The van der Waals surface area contributed by atoms with Crippen molar-refractivity contribution in [2.45, 2.75) is 45.1 Å². The minimum Gasteiger partial charge on any atom is -0.392 e. The normalized spacial score (nSPS) is 19.4. The monoisotopic (exact) mass is 627 g/mol. The first-order valence-corrected chi connectivity index (χ1v) is 16.1. The molecule has 0 aliphatic carbocycles. The molecule has 2 N–H and O–H groups in total. The van der Waals surface area contributed by atoms with Gasteiger partial charge in [-0.15, -0.1) is 0 Å². The van der Waals surface area contributed by atoms with Crippen LogP contribution in [0.4, 0.5) is 0 Å². The Bertz CT molecular complexity index is 1730. The number of nitrogens with zero attached hydrogens (tertiary/aromatic N) is 2. The van der Waals surface area contributed by atoms with Crippen molar-refractivity contribution < 1.29 is 19.4 Å². The fourth-order valence-electron chi connectivity index (χ4n) is 6.07. The predicted octanol–water partition coefficient (Wildman–Crippen LogP) is 7.09. The van der Waals surface area contributed by atoms with Crippen LogP contribution in [0.25, 0.3) is 11.1 Å². The molecule has 47 heavy (non-hydrogen) atoms. The van der Waals surface area contributed by atoms with Gasteiger partial charge in [0.15, 0.2) is 6.29 Å². The SMILES string of the molecule is CC1C(CN(C)Cc2ccccc2)OC(c2ccc(-c3cccc(CNC(=O)c4cccnc4)c3)cc2)OC1c1ccc(CO)cc1. The number of nitrogens with one attached hydrogen (secondary N) is 1. The van der Waals surface area contributed by atoms with E-state index < -0.39 is 6.29 Å². The van der Waals surface area contributed by atoms with Crippen molar-refractivity contribution in [3.05, 3.63) is 161 Å². The molecule has 2 heterocycles. The summed E-state index contributed by atoms with van der Waals surface area (Å²) in [6.07, 6.45) is 2.44. The number of carbonyl (C=O) groups excluding carboxylic acids is 1. The largest absolute Gasteiger partial charge is 0.392 e. The van der Waals surface area contributed by atoms with Crippen molar-refractivity contribution in [3.8, 4) is 11.1 Å². The molecule has 1 saturated heterocycles. The molecule has 240 valence electrons. The lowest BCUT2D eigenvalue weighted by atomic mass is 9.90. The predicted molar refractivity (Wildman–Crippen MR) is 183 cm³/mol. The highest BCUT2D eigenvalue weighted by atomic mass is 16.7. The fourth-order valence-corrected chi connectivity index (χ4v) is 6.07. The number of ether oxygens (including phenoxy) is 2. The molecule has 4 aromatic carbocycles. The van der Waals surface area contributed by atoms with Crippen molar-refractivity contribution in [2.75, 3.05) is 13.6 Å². The second kappa shape index (κ2) is 15.3. The Morgan fingerprint density at radius 3 is 2.28 bits per heavy atom. The van der Waals surface area contributed by atoms with Gasteiger partial charge in [-0.1, -0.05) is 104 Å². The van der Waals surface area contributed by atoms with Crippen molar-refractivity contribution in [2.24, 2.45) is 5.92 Å². The summed E-state index contributed by atoms with van der Waals surface area (Å²) in [7, 11) is 2.13. The zero-order chi connectivity index (χ0) is 32.6. The highest BCUT2D eigenvalue weighted by Gasteiger charge is 2.38. The summed E-state index contributed by atoms with van der Waals surface area (Å²) < 4.78 is 13.4. The van der Waals surface area contributed by atoms with Gasteiger partial charge in [0, 0.05) is 43.5 Å². The van der Waals surface area contributed by atoms with E-state index in [1.165, 1.54) is 5.56 Å². The van der Waals surface area contributed by atoms with E-state index in [4.69, 9.17) is 9.47 Å². The van der Waals surface area contributed by atoms with Gasteiger partial charge in [-0.3, -0.25) is 14.7 Å². The van der Waals surface area contributed by atoms with Crippen LogP contribution in [0, 0.1) is 5.92 Å². The molecule has 4 atom stereocenters. The van der Waals surface area contributed by atoms with Gasteiger partial charge in [-0.05, 0) is 58.6 Å². The summed E-state index contributed by atoms with van der Waals surface area (Å²) >= 11 is 0. The van der Waals surface area contributed by atoms with E-state index in [9.17, 15) is 9.90 Å². The van der Waals surface area contributed by atoms with Crippen LogP contribution in [0.5, 0.6) is 0 Å². The number of benzene rings is 4. The second-order valence-corrected chi connectivity index (χ2v) is 12.3. The highest BCUT2D eigenvalue weighted by molar-refractivity contribution is 5.93. The number of hydrogen-bond acceptors (Lipinski definition) is 6. The van der Waals surface area contributed by atoms with E-state index >= 15 is 0 Å². The van der Waals surface area contributed by atoms with Gasteiger partial charge < -0.3 is 19.9 Å². The van der Waals surface area contributed by atoms with E-state index in [-0.39, 0.29) is 30.6 Å². The lowest BCUT2D eigenvalue weighted by Gasteiger charge is -2.42. The third kappa shape index (κ3) is 8.20. The van der Waals surface area contributed by atoms with Crippen LogP contribution in [-0.4, -0.2) is 40.6 Å². The number of likely N-dealkylation sites (N-methyl/N-ethyl adjacent to an activating group) is 1. The van der Waals surface area contributed by atoms with Gasteiger partial charge in [0.1, 0.15) is 0 Å². The molecule has 0 saturated carbocycles. The molecule has 1 fully saturated rings. The summed E-state index contributed by atoms with van der Waals surface area (Å²) in [5.74, 6) is -0.0491. The summed E-state index contributed by atoms with van der Waals surface area (Å²) in [5, 5.41) is 12.6. The Hall–Kier alpha value is -4.66. The molecule has 6 rings (SSSR count). The Labute approximate surface area is 276 Å². The number of hydrogen-bond donors (Lipinski definition) is 2. The summed E-state index contributed by atoms with van der Waals surface area (Å²) in [6.45, 7) is 4.20. The van der Waals surface area contributed by atoms with Gasteiger partial charge in [0.25, 0.3) is 5.91 Å². The maximum Gasteiger partial charge on any atom is 0.253 e. The minimum absolute atomic E-state index is 0.00922. The third-order valence-electron chi connectivity index (χ3n) is 8.73.